The van der Waals surface area contributed by atoms with Crippen molar-refractivity contribution >= 4 is 5.69 Å². The predicted octanol–water partition coefficient (Wildman–Crippen LogP) is 0.833. The van der Waals surface area contributed by atoms with Crippen LogP contribution >= 0.6 is 0 Å². The minimum absolute atomic E-state index is 0.00195. The number of anilines is 1. The first-order valence-electron chi connectivity index (χ1n) is 4.85. The number of aryl methyl sites for hydroxylation is 1. The molecule has 2 aromatic rings. The number of hydrogen-bond donors (Lipinski definition) is 1. The van der Waals surface area contributed by atoms with Crippen molar-refractivity contribution < 1.29 is 4.39 Å². The highest BCUT2D eigenvalue weighted by atomic mass is 19.1. The fourth-order valence-corrected chi connectivity index (χ4v) is 1.30. The van der Waals surface area contributed by atoms with Crippen molar-refractivity contribution in [2.45, 2.75) is 6.54 Å². The topological polar surface area (TPSA) is 79.4 Å². The van der Waals surface area contributed by atoms with Gasteiger partial charge in [0, 0.05) is 5.69 Å². The van der Waals surface area contributed by atoms with E-state index in [0.29, 0.717) is 18.1 Å². The molecule has 6 nitrogen and oxygen atoms in total. The maximum absolute atomic E-state index is 13.0. The average molecular weight is 232 g/mol. The second-order valence-electron chi connectivity index (χ2n) is 3.36. The third-order valence-electron chi connectivity index (χ3n) is 2.09. The van der Waals surface area contributed by atoms with E-state index in [9.17, 15) is 4.39 Å². The van der Waals surface area contributed by atoms with Crippen molar-refractivity contribution in [1.82, 2.24) is 20.2 Å². The van der Waals surface area contributed by atoms with Gasteiger partial charge in [0.2, 0.25) is 0 Å². The number of nitrogens with one attached hydrogen (secondary N) is 1. The van der Waals surface area contributed by atoms with Crippen molar-refractivity contribution in [2.75, 3.05) is 5.32 Å². The SMILES string of the molecule is Cn1nnc(CNc2ccc(F)c(C#N)c2)n1. The summed E-state index contributed by atoms with van der Waals surface area (Å²) in [5.41, 5.74) is 0.637. The van der Waals surface area contributed by atoms with Gasteiger partial charge in [-0.25, -0.2) is 4.39 Å². The number of nitriles is 1. The van der Waals surface area contributed by atoms with Crippen molar-refractivity contribution in [2.24, 2.45) is 7.05 Å². The van der Waals surface area contributed by atoms with E-state index in [0.717, 1.165) is 0 Å². The van der Waals surface area contributed by atoms with E-state index < -0.39 is 5.82 Å². The molecule has 0 fully saturated rings. The van der Waals surface area contributed by atoms with Crippen molar-refractivity contribution in [3.8, 4) is 6.07 Å². The number of aromatic nitrogens is 4. The van der Waals surface area contributed by atoms with E-state index in [1.807, 2.05) is 0 Å². The van der Waals surface area contributed by atoms with E-state index in [4.69, 9.17) is 5.26 Å². The fraction of sp³-hybridized carbons (Fsp3) is 0.200. The van der Waals surface area contributed by atoms with Crippen LogP contribution in [0.4, 0.5) is 10.1 Å². The molecule has 0 saturated heterocycles. The summed E-state index contributed by atoms with van der Waals surface area (Å²) in [6, 6.07) is 6.00. The van der Waals surface area contributed by atoms with Gasteiger partial charge in [-0.1, -0.05) is 0 Å². The number of rotatable bonds is 3. The van der Waals surface area contributed by atoms with Crippen molar-refractivity contribution in [1.29, 1.82) is 5.26 Å². The molecule has 0 unspecified atom stereocenters. The molecule has 0 aliphatic rings. The Bertz CT molecular complexity index is 570. The molecule has 86 valence electrons. The quantitative estimate of drug-likeness (QED) is 0.847. The highest BCUT2D eigenvalue weighted by molar-refractivity contribution is 5.49. The molecule has 1 N–H and O–H groups in total. The lowest BCUT2D eigenvalue weighted by atomic mass is 10.2. The molecule has 0 amide bonds. The molecule has 1 heterocycles. The van der Waals surface area contributed by atoms with Crippen LogP contribution < -0.4 is 5.32 Å². The van der Waals surface area contributed by atoms with E-state index in [2.05, 4.69) is 20.7 Å². The lowest BCUT2D eigenvalue weighted by Gasteiger charge is -2.03. The van der Waals surface area contributed by atoms with Crippen LogP contribution in [0.25, 0.3) is 0 Å². The maximum atomic E-state index is 13.0. The van der Waals surface area contributed by atoms with Crippen LogP contribution in [0.3, 0.4) is 0 Å². The monoisotopic (exact) mass is 232 g/mol. The zero-order valence-electron chi connectivity index (χ0n) is 9.05. The molecular formula is C10H9FN6. The lowest BCUT2D eigenvalue weighted by Crippen LogP contribution is -2.02. The Balaban J connectivity index is 2.07. The van der Waals surface area contributed by atoms with Gasteiger partial charge in [0.1, 0.15) is 11.9 Å². The normalized spacial score (nSPS) is 9.94. The van der Waals surface area contributed by atoms with Crippen LogP contribution in [0.5, 0.6) is 0 Å². The predicted molar refractivity (Wildman–Crippen MR) is 57.2 cm³/mol. The number of tetrazole rings is 1. The first-order valence-corrected chi connectivity index (χ1v) is 4.85. The van der Waals surface area contributed by atoms with Gasteiger partial charge in [-0.2, -0.15) is 10.1 Å². The molecule has 0 aliphatic carbocycles. The molecule has 0 radical (unpaired) electrons. The van der Waals surface area contributed by atoms with Crippen LogP contribution in [0, 0.1) is 17.1 Å². The molecule has 1 aromatic heterocycles. The molecule has 0 atom stereocenters. The van der Waals surface area contributed by atoms with Gasteiger partial charge in [0.15, 0.2) is 5.82 Å². The summed E-state index contributed by atoms with van der Waals surface area (Å²) in [7, 11) is 1.67. The van der Waals surface area contributed by atoms with Gasteiger partial charge in [0.25, 0.3) is 0 Å². The number of nitrogens with zero attached hydrogens (tertiary/aromatic N) is 5. The van der Waals surface area contributed by atoms with Gasteiger partial charge in [-0.05, 0) is 23.4 Å². The van der Waals surface area contributed by atoms with E-state index in [-0.39, 0.29) is 5.56 Å². The molecule has 0 bridgehead atoms. The van der Waals surface area contributed by atoms with Crippen LogP contribution in [0.1, 0.15) is 11.4 Å². The van der Waals surface area contributed by atoms with Crippen molar-refractivity contribution in [3.63, 3.8) is 0 Å². The first kappa shape index (κ1) is 11.0. The fourth-order valence-electron chi connectivity index (χ4n) is 1.30. The van der Waals surface area contributed by atoms with Gasteiger partial charge in [-0.15, -0.1) is 10.2 Å². The van der Waals surface area contributed by atoms with Crippen LogP contribution in [0.15, 0.2) is 18.2 Å². The zero-order chi connectivity index (χ0) is 12.3. The second-order valence-corrected chi connectivity index (χ2v) is 3.36. The first-order chi connectivity index (χ1) is 8.19. The highest BCUT2D eigenvalue weighted by Crippen LogP contribution is 2.14. The average Bonchev–Trinajstić information content (AvgIpc) is 2.74. The Morgan fingerprint density at radius 3 is 3.00 bits per heavy atom. The Labute approximate surface area is 96.7 Å². The van der Waals surface area contributed by atoms with Crippen LogP contribution in [-0.4, -0.2) is 20.2 Å². The molecule has 17 heavy (non-hydrogen) atoms. The third-order valence-corrected chi connectivity index (χ3v) is 2.09. The summed E-state index contributed by atoms with van der Waals surface area (Å²) in [5, 5.41) is 23.1. The minimum atomic E-state index is -0.532. The Morgan fingerprint density at radius 1 is 1.53 bits per heavy atom. The van der Waals surface area contributed by atoms with E-state index in [1.54, 1.807) is 19.2 Å². The second kappa shape index (κ2) is 4.57. The van der Waals surface area contributed by atoms with Gasteiger partial charge in [0.05, 0.1) is 19.2 Å². The number of benzene rings is 1. The number of halogens is 1. The molecule has 0 saturated carbocycles. The summed E-state index contributed by atoms with van der Waals surface area (Å²) < 4.78 is 13.0. The number of hydrogen-bond acceptors (Lipinski definition) is 5. The molecular weight excluding hydrogens is 223 g/mol. The maximum Gasteiger partial charge on any atom is 0.193 e. The third kappa shape index (κ3) is 2.55. The van der Waals surface area contributed by atoms with Gasteiger partial charge in [-0.3, -0.25) is 0 Å². The summed E-state index contributed by atoms with van der Waals surface area (Å²) in [6.45, 7) is 0.365. The molecule has 2 rings (SSSR count). The molecule has 1 aromatic carbocycles. The Kier molecular flexibility index (Phi) is 2.96. The highest BCUT2D eigenvalue weighted by Gasteiger charge is 2.04. The standard InChI is InChI=1S/C10H9FN6/c1-17-15-10(14-16-17)6-13-8-2-3-9(11)7(4-8)5-12/h2-4,13H,6H2,1H3. The summed E-state index contributed by atoms with van der Waals surface area (Å²) >= 11 is 0. The smallest absolute Gasteiger partial charge is 0.193 e. The van der Waals surface area contributed by atoms with Crippen LogP contribution in [0.2, 0.25) is 0 Å². The van der Waals surface area contributed by atoms with E-state index >= 15 is 0 Å². The summed E-state index contributed by atoms with van der Waals surface area (Å²) in [6.07, 6.45) is 0. The van der Waals surface area contributed by atoms with Gasteiger partial charge < -0.3 is 5.32 Å². The molecule has 0 spiro atoms. The Morgan fingerprint density at radius 2 is 2.35 bits per heavy atom. The molecule has 0 aliphatic heterocycles. The van der Waals surface area contributed by atoms with Gasteiger partial charge >= 0.3 is 0 Å². The lowest BCUT2D eigenvalue weighted by molar-refractivity contribution is 0.624. The van der Waals surface area contributed by atoms with Crippen LogP contribution in [-0.2, 0) is 13.6 Å². The largest absolute Gasteiger partial charge is 0.378 e. The van der Waals surface area contributed by atoms with E-state index in [1.165, 1.54) is 16.9 Å². The summed E-state index contributed by atoms with van der Waals surface area (Å²) in [4.78, 5) is 1.35. The zero-order valence-corrected chi connectivity index (χ0v) is 9.05. The Hall–Kier alpha value is -2.49. The summed E-state index contributed by atoms with van der Waals surface area (Å²) in [5.74, 6) is -0.00832. The van der Waals surface area contributed by atoms with Crippen molar-refractivity contribution in [3.05, 3.63) is 35.4 Å². The molecule has 7 heteroatoms. The minimum Gasteiger partial charge on any atom is -0.378 e.